The fourth-order valence-electron chi connectivity index (χ4n) is 1.61. The Balaban J connectivity index is 2.71. The van der Waals surface area contributed by atoms with Crippen LogP contribution in [0, 0.1) is 13.8 Å². The van der Waals surface area contributed by atoms with Gasteiger partial charge in [0.2, 0.25) is 10.9 Å². The molecule has 0 saturated carbocycles. The molecule has 0 amide bonds. The van der Waals surface area contributed by atoms with Crippen LogP contribution in [0.4, 0.5) is 0 Å². The standard InChI is InChI=1S/C12H9ClO2/c1-6-3-4-7(2)8(5-6)9-10(13)12(15)11(9)14/h3-5H,1-2H3. The number of aryl methyl sites for hydroxylation is 2. The quantitative estimate of drug-likeness (QED) is 0.691. The van der Waals surface area contributed by atoms with E-state index in [1.54, 1.807) is 0 Å². The minimum Gasteiger partial charge on any atom is -0.285 e. The molecule has 0 saturated heterocycles. The van der Waals surface area contributed by atoms with Gasteiger partial charge in [-0.05, 0) is 25.0 Å². The third-order valence-electron chi connectivity index (χ3n) is 2.51. The predicted octanol–water partition coefficient (Wildman–Crippen LogP) is 2.22. The molecule has 0 aliphatic rings. The molecule has 2 nitrogen and oxygen atoms in total. The second-order valence-electron chi connectivity index (χ2n) is 3.67. The normalized spacial score (nSPS) is 10.9. The van der Waals surface area contributed by atoms with E-state index >= 15 is 0 Å². The summed E-state index contributed by atoms with van der Waals surface area (Å²) in [6, 6.07) is 5.74. The van der Waals surface area contributed by atoms with E-state index in [9.17, 15) is 9.59 Å². The maximum absolute atomic E-state index is 11.3. The topological polar surface area (TPSA) is 34.1 Å². The van der Waals surface area contributed by atoms with Crippen molar-refractivity contribution in [3.05, 3.63) is 54.8 Å². The number of hydrogen-bond acceptors (Lipinski definition) is 2. The van der Waals surface area contributed by atoms with Crippen LogP contribution in [0.1, 0.15) is 11.1 Å². The first-order valence-electron chi connectivity index (χ1n) is 4.59. The third kappa shape index (κ3) is 1.41. The van der Waals surface area contributed by atoms with Crippen LogP contribution in [0.5, 0.6) is 0 Å². The molecule has 0 bridgehead atoms. The molecular formula is C12H9ClO2. The summed E-state index contributed by atoms with van der Waals surface area (Å²) in [4.78, 5) is 22.3. The Morgan fingerprint density at radius 1 is 1.07 bits per heavy atom. The van der Waals surface area contributed by atoms with E-state index in [1.807, 2.05) is 32.0 Å². The molecule has 0 aromatic heterocycles. The van der Waals surface area contributed by atoms with Gasteiger partial charge in [0.05, 0.1) is 5.56 Å². The van der Waals surface area contributed by atoms with Crippen LogP contribution in [-0.4, -0.2) is 0 Å². The van der Waals surface area contributed by atoms with Crippen LogP contribution in [0.15, 0.2) is 27.8 Å². The lowest BCUT2D eigenvalue weighted by Crippen LogP contribution is -2.33. The Kier molecular flexibility index (Phi) is 2.24. The lowest BCUT2D eigenvalue weighted by Gasteiger charge is -2.09. The van der Waals surface area contributed by atoms with Crippen molar-refractivity contribution in [1.82, 2.24) is 0 Å². The van der Waals surface area contributed by atoms with Gasteiger partial charge >= 0.3 is 0 Å². The molecule has 0 aliphatic heterocycles. The zero-order valence-electron chi connectivity index (χ0n) is 8.43. The van der Waals surface area contributed by atoms with Crippen molar-refractivity contribution in [2.24, 2.45) is 0 Å². The molecule has 15 heavy (non-hydrogen) atoms. The Bertz CT molecular complexity index is 604. The van der Waals surface area contributed by atoms with Crippen molar-refractivity contribution >= 4 is 11.6 Å². The highest BCUT2D eigenvalue weighted by molar-refractivity contribution is 6.34. The van der Waals surface area contributed by atoms with Gasteiger partial charge in [0.15, 0.2) is 0 Å². The first-order chi connectivity index (χ1) is 7.02. The monoisotopic (exact) mass is 220 g/mol. The molecule has 0 spiro atoms. The van der Waals surface area contributed by atoms with E-state index in [1.165, 1.54) is 0 Å². The summed E-state index contributed by atoms with van der Waals surface area (Å²) in [6.45, 7) is 3.82. The largest absolute Gasteiger partial charge is 0.285 e. The first kappa shape index (κ1) is 10.1. The highest BCUT2D eigenvalue weighted by atomic mass is 35.5. The lowest BCUT2D eigenvalue weighted by molar-refractivity contribution is 1.34. The van der Waals surface area contributed by atoms with Gasteiger partial charge in [0, 0.05) is 0 Å². The SMILES string of the molecule is Cc1ccc(C)c(-c2c(Cl)c(=O)c2=O)c1. The first-order valence-corrected chi connectivity index (χ1v) is 4.96. The number of benzene rings is 1. The molecule has 0 radical (unpaired) electrons. The van der Waals surface area contributed by atoms with Crippen LogP contribution >= 0.6 is 11.6 Å². The second kappa shape index (κ2) is 3.31. The Labute approximate surface area is 91.8 Å². The molecular weight excluding hydrogens is 212 g/mol. The van der Waals surface area contributed by atoms with Gasteiger partial charge in [-0.2, -0.15) is 0 Å². The Hall–Kier alpha value is -1.41. The zero-order valence-corrected chi connectivity index (χ0v) is 9.18. The zero-order chi connectivity index (χ0) is 11.2. The molecule has 0 unspecified atom stereocenters. The molecule has 3 heteroatoms. The Morgan fingerprint density at radius 2 is 1.73 bits per heavy atom. The highest BCUT2D eigenvalue weighted by Gasteiger charge is 2.21. The minimum absolute atomic E-state index is 0.0636. The number of rotatable bonds is 1. The number of hydrogen-bond donors (Lipinski definition) is 0. The summed E-state index contributed by atoms with van der Waals surface area (Å²) in [5.74, 6) is 0. The second-order valence-corrected chi connectivity index (χ2v) is 4.04. The van der Waals surface area contributed by atoms with Crippen molar-refractivity contribution < 1.29 is 0 Å². The maximum atomic E-state index is 11.3. The summed E-state index contributed by atoms with van der Waals surface area (Å²) in [7, 11) is 0. The van der Waals surface area contributed by atoms with Crippen LogP contribution in [-0.2, 0) is 0 Å². The van der Waals surface area contributed by atoms with E-state index in [4.69, 9.17) is 11.6 Å². The summed E-state index contributed by atoms with van der Waals surface area (Å²) in [5.41, 5.74) is 2.07. The van der Waals surface area contributed by atoms with Gasteiger partial charge in [-0.1, -0.05) is 35.4 Å². The Morgan fingerprint density at radius 3 is 2.33 bits per heavy atom. The van der Waals surface area contributed by atoms with Crippen molar-refractivity contribution in [3.63, 3.8) is 0 Å². The molecule has 0 fully saturated rings. The van der Waals surface area contributed by atoms with Crippen molar-refractivity contribution in [1.29, 1.82) is 0 Å². The third-order valence-corrected chi connectivity index (χ3v) is 2.88. The van der Waals surface area contributed by atoms with Gasteiger partial charge < -0.3 is 0 Å². The van der Waals surface area contributed by atoms with Crippen molar-refractivity contribution in [2.75, 3.05) is 0 Å². The van der Waals surface area contributed by atoms with E-state index in [0.29, 0.717) is 5.56 Å². The van der Waals surface area contributed by atoms with Gasteiger partial charge in [-0.3, -0.25) is 9.59 Å². The molecule has 0 N–H and O–H groups in total. The molecule has 0 atom stereocenters. The van der Waals surface area contributed by atoms with E-state index in [0.717, 1.165) is 16.7 Å². The van der Waals surface area contributed by atoms with E-state index < -0.39 is 10.9 Å². The number of halogens is 1. The van der Waals surface area contributed by atoms with Crippen LogP contribution in [0.25, 0.3) is 11.1 Å². The van der Waals surface area contributed by atoms with Crippen LogP contribution in [0.3, 0.4) is 0 Å². The van der Waals surface area contributed by atoms with E-state index in [-0.39, 0.29) is 5.02 Å². The van der Waals surface area contributed by atoms with Gasteiger partial charge in [0.1, 0.15) is 5.02 Å². The summed E-state index contributed by atoms with van der Waals surface area (Å²) < 4.78 is 0. The van der Waals surface area contributed by atoms with Crippen molar-refractivity contribution in [2.45, 2.75) is 13.8 Å². The van der Waals surface area contributed by atoms with E-state index in [2.05, 4.69) is 0 Å². The van der Waals surface area contributed by atoms with Crippen LogP contribution < -0.4 is 10.9 Å². The highest BCUT2D eigenvalue weighted by Crippen LogP contribution is 2.27. The molecule has 2 rings (SSSR count). The van der Waals surface area contributed by atoms with Gasteiger partial charge in [-0.15, -0.1) is 0 Å². The average molecular weight is 221 g/mol. The smallest absolute Gasteiger partial charge is 0.245 e. The average Bonchev–Trinajstić information content (AvgIpc) is 2.23. The lowest BCUT2D eigenvalue weighted by atomic mass is 9.95. The van der Waals surface area contributed by atoms with Gasteiger partial charge in [-0.25, -0.2) is 0 Å². The summed E-state index contributed by atoms with van der Waals surface area (Å²) in [5, 5.41) is 0.0636. The molecule has 0 aliphatic carbocycles. The molecule has 76 valence electrons. The van der Waals surface area contributed by atoms with Gasteiger partial charge in [0.25, 0.3) is 0 Å². The maximum Gasteiger partial charge on any atom is 0.245 e. The van der Waals surface area contributed by atoms with Crippen molar-refractivity contribution in [3.8, 4) is 11.1 Å². The molecule has 2 aromatic carbocycles. The fourth-order valence-corrected chi connectivity index (χ4v) is 1.88. The molecule has 0 heterocycles. The predicted molar refractivity (Wildman–Crippen MR) is 61.3 cm³/mol. The fraction of sp³-hybridized carbons (Fsp3) is 0.167. The summed E-state index contributed by atoms with van der Waals surface area (Å²) >= 11 is 5.73. The van der Waals surface area contributed by atoms with Crippen LogP contribution in [0.2, 0.25) is 5.02 Å². The molecule has 2 aromatic rings. The summed E-state index contributed by atoms with van der Waals surface area (Å²) in [6.07, 6.45) is 0. The minimum atomic E-state index is -0.576.